The Morgan fingerprint density at radius 2 is 1.64 bits per heavy atom. The van der Waals surface area contributed by atoms with Gasteiger partial charge < -0.3 is 4.52 Å². The molecule has 0 aliphatic carbocycles. The van der Waals surface area contributed by atoms with E-state index in [4.69, 9.17) is 16.1 Å². The minimum absolute atomic E-state index is 0.148. The highest BCUT2D eigenvalue weighted by atomic mass is 35.5. The molecule has 0 atom stereocenters. The van der Waals surface area contributed by atoms with Crippen molar-refractivity contribution in [3.8, 4) is 11.4 Å². The standard InChI is InChI=1S/C19H19ClN4O3S/c20-16-8-4-5-9-17(16)28(25,26)24-12-10-23(11-13-24)14-18-21-19(22-27-18)15-6-2-1-3-7-15/h1-9H,10-14H2. The number of rotatable bonds is 5. The summed E-state index contributed by atoms with van der Waals surface area (Å²) in [6.07, 6.45) is 0. The van der Waals surface area contributed by atoms with Gasteiger partial charge in [0.15, 0.2) is 0 Å². The zero-order chi connectivity index (χ0) is 19.6. The van der Waals surface area contributed by atoms with Crippen LogP contribution in [0.3, 0.4) is 0 Å². The average Bonchev–Trinajstić information content (AvgIpc) is 3.18. The topological polar surface area (TPSA) is 79.5 Å². The highest BCUT2D eigenvalue weighted by Gasteiger charge is 2.30. The summed E-state index contributed by atoms with van der Waals surface area (Å²) in [6.45, 7) is 2.40. The number of aromatic nitrogens is 2. The molecular weight excluding hydrogens is 400 g/mol. The van der Waals surface area contributed by atoms with E-state index in [0.717, 1.165) is 5.56 Å². The number of hydrogen-bond donors (Lipinski definition) is 0. The lowest BCUT2D eigenvalue weighted by atomic mass is 10.2. The van der Waals surface area contributed by atoms with Crippen LogP contribution in [-0.2, 0) is 16.6 Å². The molecule has 0 bridgehead atoms. The van der Waals surface area contributed by atoms with Gasteiger partial charge in [0, 0.05) is 31.7 Å². The zero-order valence-corrected chi connectivity index (χ0v) is 16.6. The molecule has 0 saturated carbocycles. The van der Waals surface area contributed by atoms with E-state index in [0.29, 0.717) is 44.4 Å². The third-order valence-electron chi connectivity index (χ3n) is 4.64. The molecule has 0 radical (unpaired) electrons. The predicted octanol–water partition coefficient (Wildman–Crippen LogP) is 2.90. The fourth-order valence-electron chi connectivity index (χ4n) is 3.14. The van der Waals surface area contributed by atoms with Crippen molar-refractivity contribution in [2.45, 2.75) is 11.4 Å². The van der Waals surface area contributed by atoms with Gasteiger partial charge in [-0.05, 0) is 12.1 Å². The molecule has 2 heterocycles. The highest BCUT2D eigenvalue weighted by molar-refractivity contribution is 7.89. The normalized spacial score (nSPS) is 16.3. The first-order valence-corrected chi connectivity index (χ1v) is 10.7. The number of benzene rings is 2. The number of sulfonamides is 1. The Balaban J connectivity index is 1.39. The van der Waals surface area contributed by atoms with E-state index in [1.54, 1.807) is 18.2 Å². The van der Waals surface area contributed by atoms with E-state index < -0.39 is 10.0 Å². The summed E-state index contributed by atoms with van der Waals surface area (Å²) in [7, 11) is -3.60. The Hall–Kier alpha value is -2.26. The first-order valence-electron chi connectivity index (χ1n) is 8.89. The lowest BCUT2D eigenvalue weighted by Crippen LogP contribution is -2.48. The van der Waals surface area contributed by atoms with Gasteiger partial charge in [-0.15, -0.1) is 0 Å². The molecule has 1 fully saturated rings. The van der Waals surface area contributed by atoms with Gasteiger partial charge in [-0.2, -0.15) is 9.29 Å². The molecule has 1 aliphatic heterocycles. The van der Waals surface area contributed by atoms with E-state index >= 15 is 0 Å². The fourth-order valence-corrected chi connectivity index (χ4v) is 5.05. The van der Waals surface area contributed by atoms with Crippen LogP contribution in [0.1, 0.15) is 5.89 Å². The second-order valence-electron chi connectivity index (χ2n) is 6.49. The molecule has 0 amide bonds. The average molecular weight is 419 g/mol. The molecule has 146 valence electrons. The van der Waals surface area contributed by atoms with E-state index in [9.17, 15) is 8.42 Å². The molecule has 7 nitrogen and oxygen atoms in total. The summed E-state index contributed by atoms with van der Waals surface area (Å²) in [5.41, 5.74) is 0.896. The molecule has 0 unspecified atom stereocenters. The van der Waals surface area contributed by atoms with Crippen molar-refractivity contribution in [1.29, 1.82) is 0 Å². The largest absolute Gasteiger partial charge is 0.338 e. The SMILES string of the molecule is O=S(=O)(c1ccccc1Cl)N1CCN(Cc2nc(-c3ccccc3)no2)CC1. The number of nitrogens with zero attached hydrogens (tertiary/aromatic N) is 4. The van der Waals surface area contributed by atoms with E-state index in [1.165, 1.54) is 10.4 Å². The van der Waals surface area contributed by atoms with Gasteiger partial charge in [0.25, 0.3) is 0 Å². The van der Waals surface area contributed by atoms with Crippen LogP contribution in [0.15, 0.2) is 64.0 Å². The van der Waals surface area contributed by atoms with Gasteiger partial charge in [0.2, 0.25) is 21.7 Å². The number of halogens is 1. The monoisotopic (exact) mass is 418 g/mol. The number of hydrogen-bond acceptors (Lipinski definition) is 6. The second-order valence-corrected chi connectivity index (χ2v) is 8.80. The summed E-state index contributed by atoms with van der Waals surface area (Å²) < 4.78 is 32.4. The molecular formula is C19H19ClN4O3S. The maximum Gasteiger partial charge on any atom is 0.244 e. The Kier molecular flexibility index (Phi) is 5.45. The van der Waals surface area contributed by atoms with Crippen molar-refractivity contribution in [1.82, 2.24) is 19.3 Å². The van der Waals surface area contributed by atoms with Crippen LogP contribution in [0.4, 0.5) is 0 Å². The van der Waals surface area contributed by atoms with Crippen LogP contribution in [0, 0.1) is 0 Å². The van der Waals surface area contributed by atoms with Gasteiger partial charge in [-0.3, -0.25) is 4.90 Å². The summed E-state index contributed by atoms with van der Waals surface area (Å²) in [4.78, 5) is 6.68. The lowest BCUT2D eigenvalue weighted by Gasteiger charge is -2.33. The van der Waals surface area contributed by atoms with Crippen LogP contribution >= 0.6 is 11.6 Å². The second kappa shape index (κ2) is 8.00. The molecule has 1 aliphatic rings. The van der Waals surface area contributed by atoms with E-state index in [2.05, 4.69) is 15.0 Å². The highest BCUT2D eigenvalue weighted by Crippen LogP contribution is 2.25. The van der Waals surface area contributed by atoms with Gasteiger partial charge in [0.05, 0.1) is 11.6 Å². The predicted molar refractivity (Wildman–Crippen MR) is 105 cm³/mol. The molecule has 3 aromatic rings. The lowest BCUT2D eigenvalue weighted by molar-refractivity contribution is 0.163. The van der Waals surface area contributed by atoms with Crippen molar-refractivity contribution in [2.75, 3.05) is 26.2 Å². The minimum Gasteiger partial charge on any atom is -0.338 e. The summed E-state index contributed by atoms with van der Waals surface area (Å²) >= 11 is 6.07. The summed E-state index contributed by atoms with van der Waals surface area (Å²) in [5.74, 6) is 1.07. The maximum absolute atomic E-state index is 12.8. The molecule has 0 spiro atoms. The van der Waals surface area contributed by atoms with Gasteiger partial charge in [-0.25, -0.2) is 8.42 Å². The van der Waals surface area contributed by atoms with Gasteiger partial charge in [0.1, 0.15) is 4.90 Å². The van der Waals surface area contributed by atoms with Crippen molar-refractivity contribution in [3.63, 3.8) is 0 Å². The molecule has 1 aromatic heterocycles. The van der Waals surface area contributed by atoms with Crippen molar-refractivity contribution >= 4 is 21.6 Å². The van der Waals surface area contributed by atoms with Crippen LogP contribution in [-0.4, -0.2) is 53.9 Å². The van der Waals surface area contributed by atoms with Crippen LogP contribution in [0.25, 0.3) is 11.4 Å². The van der Waals surface area contributed by atoms with Crippen molar-refractivity contribution in [3.05, 3.63) is 65.5 Å². The first-order chi connectivity index (χ1) is 13.5. The van der Waals surface area contributed by atoms with Crippen molar-refractivity contribution < 1.29 is 12.9 Å². The Labute approximate surface area is 168 Å². The van der Waals surface area contributed by atoms with Gasteiger partial charge >= 0.3 is 0 Å². The third-order valence-corrected chi connectivity index (χ3v) is 7.04. The minimum atomic E-state index is -3.60. The molecule has 0 N–H and O–H groups in total. The van der Waals surface area contributed by atoms with Crippen LogP contribution in [0.2, 0.25) is 5.02 Å². The molecule has 2 aromatic carbocycles. The Morgan fingerprint density at radius 3 is 2.36 bits per heavy atom. The zero-order valence-electron chi connectivity index (χ0n) is 15.0. The van der Waals surface area contributed by atoms with E-state index in [-0.39, 0.29) is 9.92 Å². The molecule has 9 heteroatoms. The van der Waals surface area contributed by atoms with Crippen LogP contribution < -0.4 is 0 Å². The quantitative estimate of drug-likeness (QED) is 0.633. The fraction of sp³-hybridized carbons (Fsp3) is 0.263. The Bertz CT molecular complexity index is 1050. The summed E-state index contributed by atoms with van der Waals surface area (Å²) in [6, 6.07) is 16.1. The van der Waals surface area contributed by atoms with Crippen molar-refractivity contribution in [2.24, 2.45) is 0 Å². The molecule has 1 saturated heterocycles. The molecule has 28 heavy (non-hydrogen) atoms. The van der Waals surface area contributed by atoms with Gasteiger partial charge in [-0.1, -0.05) is 59.2 Å². The maximum atomic E-state index is 12.8. The Morgan fingerprint density at radius 1 is 0.964 bits per heavy atom. The molecule has 4 rings (SSSR count). The van der Waals surface area contributed by atoms with Crippen LogP contribution in [0.5, 0.6) is 0 Å². The summed E-state index contributed by atoms with van der Waals surface area (Å²) in [5, 5.41) is 4.26. The first kappa shape index (κ1) is 19.1. The number of piperazine rings is 1. The third kappa shape index (κ3) is 3.95. The smallest absolute Gasteiger partial charge is 0.244 e. The van der Waals surface area contributed by atoms with E-state index in [1.807, 2.05) is 30.3 Å².